The van der Waals surface area contributed by atoms with E-state index in [1.54, 1.807) is 0 Å². The Morgan fingerprint density at radius 2 is 1.31 bits per heavy atom. The van der Waals surface area contributed by atoms with Crippen LogP contribution in [0.2, 0.25) is 0 Å². The third-order valence-corrected chi connectivity index (χ3v) is 11.5. The van der Waals surface area contributed by atoms with E-state index in [4.69, 9.17) is 24.4 Å². The van der Waals surface area contributed by atoms with Gasteiger partial charge in [-0.05, 0) is 79.1 Å². The van der Waals surface area contributed by atoms with Crippen LogP contribution in [-0.4, -0.2) is 29.1 Å². The molecule has 7 nitrogen and oxygen atoms in total. The van der Waals surface area contributed by atoms with Gasteiger partial charge in [0.15, 0.2) is 17.5 Å². The van der Waals surface area contributed by atoms with Gasteiger partial charge in [-0.3, -0.25) is 4.98 Å². The van der Waals surface area contributed by atoms with E-state index in [0.717, 1.165) is 83.9 Å². The molecule has 1 atom stereocenters. The quantitative estimate of drug-likeness (QED) is 0.175. The summed E-state index contributed by atoms with van der Waals surface area (Å²) >= 11 is 0. The average Bonchev–Trinajstić information content (AvgIpc) is 3.93. The molecule has 1 aliphatic rings. The monoisotopic (exact) mass is 746 g/mol. The van der Waals surface area contributed by atoms with Crippen LogP contribution in [0, 0.1) is 5.92 Å². The molecule has 6 aromatic carbocycles. The minimum absolute atomic E-state index is 0.397. The van der Waals surface area contributed by atoms with Gasteiger partial charge in [0.1, 0.15) is 11.2 Å². The molecule has 0 N–H and O–H groups in total. The zero-order valence-corrected chi connectivity index (χ0v) is 31.5. The first-order chi connectivity index (χ1) is 28.7. The van der Waals surface area contributed by atoms with Crippen LogP contribution < -0.4 is 0 Å². The number of nitrogens with zero attached hydrogens (tertiary/aromatic N) is 6. The topological polar surface area (TPSA) is 74.6 Å². The van der Waals surface area contributed by atoms with Crippen molar-refractivity contribution < 1.29 is 4.42 Å². The molecular weight excluding hydrogens is 713 g/mol. The van der Waals surface area contributed by atoms with Gasteiger partial charge in [-0.25, -0.2) is 15.0 Å². The number of hydrogen-bond acceptors (Lipinski definition) is 5. The van der Waals surface area contributed by atoms with E-state index < -0.39 is 0 Å². The Morgan fingerprint density at radius 1 is 0.552 bits per heavy atom. The Kier molecular flexibility index (Phi) is 7.13. The second-order valence-corrected chi connectivity index (χ2v) is 15.2. The fourth-order valence-electron chi connectivity index (χ4n) is 8.90. The molecule has 0 bridgehead atoms. The van der Waals surface area contributed by atoms with Gasteiger partial charge >= 0.3 is 0 Å². The fraction of sp³-hybridized carbons (Fsp3) is 0.0588. The van der Waals surface area contributed by atoms with E-state index in [1.165, 1.54) is 16.3 Å². The lowest BCUT2D eigenvalue weighted by molar-refractivity contribution is 0.669. The van der Waals surface area contributed by atoms with E-state index in [9.17, 15) is 0 Å². The van der Waals surface area contributed by atoms with Crippen LogP contribution >= 0.6 is 0 Å². The zero-order valence-electron chi connectivity index (χ0n) is 31.5. The maximum absolute atomic E-state index is 6.57. The molecule has 5 aromatic heterocycles. The SMILES string of the molecule is CC1C=C(c2nc(-c3ccccc3)nc(-c3cccc4oc5ccc(-n6c7cc8c(cc7c7ncccc76)c6ccccc6n8-c6ccccc6)cc5c34)n2)C=CC1. The van der Waals surface area contributed by atoms with Crippen LogP contribution in [0.1, 0.15) is 19.2 Å². The molecule has 11 aromatic rings. The van der Waals surface area contributed by atoms with Crippen molar-refractivity contribution in [1.29, 1.82) is 0 Å². The Bertz CT molecular complexity index is 3500. The number of pyridine rings is 1. The predicted molar refractivity (Wildman–Crippen MR) is 235 cm³/mol. The van der Waals surface area contributed by atoms with Crippen molar-refractivity contribution in [2.45, 2.75) is 13.3 Å². The first-order valence-corrected chi connectivity index (χ1v) is 19.7. The molecule has 0 radical (unpaired) electrons. The minimum atomic E-state index is 0.397. The second kappa shape index (κ2) is 12.7. The van der Waals surface area contributed by atoms with Crippen LogP contribution in [0.3, 0.4) is 0 Å². The largest absolute Gasteiger partial charge is 0.456 e. The highest BCUT2D eigenvalue weighted by Gasteiger charge is 2.22. The third-order valence-electron chi connectivity index (χ3n) is 11.5. The van der Waals surface area contributed by atoms with Gasteiger partial charge in [-0.1, -0.05) is 104 Å². The third kappa shape index (κ3) is 5.00. The number of furan rings is 1. The number of benzene rings is 6. The highest BCUT2D eigenvalue weighted by atomic mass is 16.3. The van der Waals surface area contributed by atoms with Crippen molar-refractivity contribution in [3.05, 3.63) is 176 Å². The van der Waals surface area contributed by atoms with Gasteiger partial charge in [-0.2, -0.15) is 0 Å². The summed E-state index contributed by atoms with van der Waals surface area (Å²) in [5.41, 5.74) is 11.9. The summed E-state index contributed by atoms with van der Waals surface area (Å²) in [5, 5.41) is 5.44. The van der Waals surface area contributed by atoms with Gasteiger partial charge in [0.05, 0.1) is 27.6 Å². The number of hydrogen-bond donors (Lipinski definition) is 0. The number of aromatic nitrogens is 6. The van der Waals surface area contributed by atoms with Crippen LogP contribution in [0.15, 0.2) is 174 Å². The van der Waals surface area contributed by atoms with Gasteiger partial charge in [0.25, 0.3) is 0 Å². The molecule has 0 fully saturated rings. The summed E-state index contributed by atoms with van der Waals surface area (Å²) in [5.74, 6) is 2.30. The molecular formula is C51H34N6O. The Hall–Kier alpha value is -7.64. The molecule has 0 spiro atoms. The van der Waals surface area contributed by atoms with Crippen LogP contribution in [0.5, 0.6) is 0 Å². The Balaban J connectivity index is 1.11. The lowest BCUT2D eigenvalue weighted by Gasteiger charge is -2.13. The molecule has 274 valence electrons. The summed E-state index contributed by atoms with van der Waals surface area (Å²) in [6.07, 6.45) is 9.46. The number of para-hydroxylation sites is 2. The van der Waals surface area contributed by atoms with E-state index in [2.05, 4.69) is 131 Å². The van der Waals surface area contributed by atoms with Crippen molar-refractivity contribution in [1.82, 2.24) is 29.1 Å². The van der Waals surface area contributed by atoms with Crippen molar-refractivity contribution in [3.8, 4) is 34.2 Å². The lowest BCUT2D eigenvalue weighted by Crippen LogP contribution is -2.04. The predicted octanol–water partition coefficient (Wildman–Crippen LogP) is 12.7. The van der Waals surface area contributed by atoms with Gasteiger partial charge < -0.3 is 13.6 Å². The summed E-state index contributed by atoms with van der Waals surface area (Å²) in [4.78, 5) is 20.3. The minimum Gasteiger partial charge on any atom is -0.456 e. The molecule has 5 heterocycles. The highest BCUT2D eigenvalue weighted by molar-refractivity contribution is 6.19. The van der Waals surface area contributed by atoms with E-state index in [1.807, 2.05) is 54.7 Å². The normalized spacial score (nSPS) is 14.4. The smallest absolute Gasteiger partial charge is 0.164 e. The molecule has 12 rings (SSSR count). The van der Waals surface area contributed by atoms with E-state index in [0.29, 0.717) is 23.4 Å². The first kappa shape index (κ1) is 32.6. The van der Waals surface area contributed by atoms with Crippen molar-refractivity contribution in [3.63, 3.8) is 0 Å². The molecule has 58 heavy (non-hydrogen) atoms. The maximum Gasteiger partial charge on any atom is 0.164 e. The van der Waals surface area contributed by atoms with Crippen LogP contribution in [-0.2, 0) is 0 Å². The maximum atomic E-state index is 6.57. The molecule has 0 saturated carbocycles. The van der Waals surface area contributed by atoms with E-state index in [-0.39, 0.29) is 0 Å². The van der Waals surface area contributed by atoms with Crippen LogP contribution in [0.25, 0.3) is 105 Å². The molecule has 1 aliphatic carbocycles. The second-order valence-electron chi connectivity index (χ2n) is 15.2. The molecule has 0 saturated heterocycles. The van der Waals surface area contributed by atoms with Crippen molar-refractivity contribution >= 4 is 71.3 Å². The summed E-state index contributed by atoms with van der Waals surface area (Å²) in [6, 6.07) is 50.8. The van der Waals surface area contributed by atoms with Gasteiger partial charge in [0.2, 0.25) is 0 Å². The molecule has 0 aliphatic heterocycles. The summed E-state index contributed by atoms with van der Waals surface area (Å²) in [7, 11) is 0. The number of rotatable bonds is 5. The van der Waals surface area contributed by atoms with E-state index >= 15 is 0 Å². The summed E-state index contributed by atoms with van der Waals surface area (Å²) in [6.45, 7) is 2.22. The molecule has 7 heteroatoms. The highest BCUT2D eigenvalue weighted by Crippen LogP contribution is 2.41. The molecule has 1 unspecified atom stereocenters. The first-order valence-electron chi connectivity index (χ1n) is 19.7. The average molecular weight is 747 g/mol. The molecule has 0 amide bonds. The summed E-state index contributed by atoms with van der Waals surface area (Å²) < 4.78 is 11.3. The fourth-order valence-corrected chi connectivity index (χ4v) is 8.90. The van der Waals surface area contributed by atoms with Gasteiger partial charge in [-0.15, -0.1) is 0 Å². The van der Waals surface area contributed by atoms with Gasteiger partial charge in [0, 0.05) is 61.2 Å². The Labute approximate surface area is 332 Å². The number of fused-ring (bicyclic) bond motifs is 9. The Morgan fingerprint density at radius 3 is 2.19 bits per heavy atom. The lowest BCUT2D eigenvalue weighted by atomic mass is 9.97. The standard InChI is InChI=1S/C51H34N6O/c1-31-13-10-16-33(27-31)50-53-49(32-14-4-2-5-15-32)54-51(55-50)37-20-11-23-46-47(37)40-28-35(24-25-45(40)58-46)57-42-22-12-26-52-48(42)39-29-38-36-19-8-9-21-41(36)56(43(38)30-44(39)57)34-17-6-3-7-18-34/h2-12,14-31H,13H2,1H3. The van der Waals surface area contributed by atoms with Crippen molar-refractivity contribution in [2.75, 3.05) is 0 Å². The van der Waals surface area contributed by atoms with Crippen LogP contribution in [0.4, 0.5) is 0 Å². The number of allylic oxidation sites excluding steroid dienone is 4. The zero-order chi connectivity index (χ0) is 38.3. The van der Waals surface area contributed by atoms with Crippen molar-refractivity contribution in [2.24, 2.45) is 5.92 Å².